The van der Waals surface area contributed by atoms with Crippen LogP contribution in [-0.2, 0) is 4.74 Å². The Hall–Kier alpha value is -0.930. The van der Waals surface area contributed by atoms with Gasteiger partial charge in [-0.3, -0.25) is 9.78 Å². The average molecular weight is 240 g/mol. The van der Waals surface area contributed by atoms with Crippen molar-refractivity contribution in [3.05, 3.63) is 29.0 Å². The van der Waals surface area contributed by atoms with Crippen LogP contribution in [0.5, 0.6) is 0 Å². The Bertz CT molecular complexity index is 375. The van der Waals surface area contributed by atoms with E-state index in [-0.39, 0.29) is 5.78 Å². The topological polar surface area (TPSA) is 39.2 Å². The number of rotatable bonds is 3. The summed E-state index contributed by atoms with van der Waals surface area (Å²) in [7, 11) is 0. The summed E-state index contributed by atoms with van der Waals surface area (Å²) in [5, 5.41) is 0.444. The van der Waals surface area contributed by atoms with Crippen molar-refractivity contribution in [2.75, 3.05) is 13.2 Å². The first kappa shape index (κ1) is 11.6. The second-order valence-corrected chi connectivity index (χ2v) is 4.42. The van der Waals surface area contributed by atoms with Crippen molar-refractivity contribution < 1.29 is 9.53 Å². The van der Waals surface area contributed by atoms with Crippen LogP contribution in [0.4, 0.5) is 0 Å². The van der Waals surface area contributed by atoms with E-state index >= 15 is 0 Å². The zero-order valence-corrected chi connectivity index (χ0v) is 9.74. The molecule has 86 valence electrons. The van der Waals surface area contributed by atoms with Gasteiger partial charge in [0.05, 0.1) is 5.02 Å². The van der Waals surface area contributed by atoms with Gasteiger partial charge in [-0.2, -0.15) is 0 Å². The van der Waals surface area contributed by atoms with Crippen LogP contribution in [0.2, 0.25) is 5.02 Å². The highest BCUT2D eigenvalue weighted by Gasteiger charge is 2.20. The molecule has 0 spiro atoms. The summed E-state index contributed by atoms with van der Waals surface area (Å²) in [5.74, 6) is 0.455. The van der Waals surface area contributed by atoms with E-state index < -0.39 is 0 Å². The molecule has 3 nitrogen and oxygen atoms in total. The lowest BCUT2D eigenvalue weighted by atomic mass is 9.93. The van der Waals surface area contributed by atoms with Crippen molar-refractivity contribution in [3.8, 4) is 0 Å². The number of hydrogen-bond acceptors (Lipinski definition) is 3. The standard InChI is InChI=1S/C12H14ClNO2/c13-10-2-1-5-14-12(10)11(15)8-9-3-6-16-7-4-9/h1-2,5,9H,3-4,6-8H2. The molecular formula is C12H14ClNO2. The molecule has 0 amide bonds. The monoisotopic (exact) mass is 239 g/mol. The predicted molar refractivity (Wildman–Crippen MR) is 61.7 cm³/mol. The molecule has 0 radical (unpaired) electrons. The van der Waals surface area contributed by atoms with Crippen molar-refractivity contribution in [1.29, 1.82) is 0 Å². The molecule has 0 aromatic carbocycles. The van der Waals surface area contributed by atoms with Gasteiger partial charge in [-0.15, -0.1) is 0 Å². The van der Waals surface area contributed by atoms with Gasteiger partial charge in [0.25, 0.3) is 0 Å². The summed E-state index contributed by atoms with van der Waals surface area (Å²) in [6.07, 6.45) is 4.04. The zero-order chi connectivity index (χ0) is 11.4. The van der Waals surface area contributed by atoms with Crippen molar-refractivity contribution in [2.45, 2.75) is 19.3 Å². The first-order valence-electron chi connectivity index (χ1n) is 5.49. The maximum atomic E-state index is 11.9. The summed E-state index contributed by atoms with van der Waals surface area (Å²) in [5.41, 5.74) is 0.399. The molecule has 1 aliphatic heterocycles. The number of Topliss-reactive ketones (excluding diaryl/α,β-unsaturated/α-hetero) is 1. The lowest BCUT2D eigenvalue weighted by molar-refractivity contribution is 0.0599. The van der Waals surface area contributed by atoms with E-state index in [1.807, 2.05) is 0 Å². The predicted octanol–water partition coefficient (Wildman–Crippen LogP) is 2.73. The van der Waals surface area contributed by atoms with Gasteiger partial charge in [-0.25, -0.2) is 0 Å². The third kappa shape index (κ3) is 2.80. The zero-order valence-electron chi connectivity index (χ0n) is 8.99. The lowest BCUT2D eigenvalue weighted by Crippen LogP contribution is -2.19. The van der Waals surface area contributed by atoms with Crippen LogP contribution in [0.3, 0.4) is 0 Å². The summed E-state index contributed by atoms with van der Waals surface area (Å²) < 4.78 is 5.26. The first-order valence-corrected chi connectivity index (χ1v) is 5.86. The van der Waals surface area contributed by atoms with Crippen LogP contribution in [-0.4, -0.2) is 24.0 Å². The van der Waals surface area contributed by atoms with Crippen molar-refractivity contribution in [3.63, 3.8) is 0 Å². The Morgan fingerprint density at radius 1 is 1.50 bits per heavy atom. The number of pyridine rings is 1. The van der Waals surface area contributed by atoms with E-state index in [0.717, 1.165) is 26.1 Å². The Morgan fingerprint density at radius 2 is 2.25 bits per heavy atom. The molecule has 1 fully saturated rings. The van der Waals surface area contributed by atoms with E-state index in [9.17, 15) is 4.79 Å². The third-order valence-corrected chi connectivity index (χ3v) is 3.14. The van der Waals surface area contributed by atoms with Crippen LogP contribution in [0.15, 0.2) is 18.3 Å². The van der Waals surface area contributed by atoms with Crippen LogP contribution >= 0.6 is 11.6 Å². The molecule has 0 unspecified atom stereocenters. The van der Waals surface area contributed by atoms with Gasteiger partial charge in [-0.1, -0.05) is 11.6 Å². The summed E-state index contributed by atoms with van der Waals surface area (Å²) in [6, 6.07) is 3.43. The molecule has 0 bridgehead atoms. The van der Waals surface area contributed by atoms with Gasteiger partial charge in [0.1, 0.15) is 5.69 Å². The molecular weight excluding hydrogens is 226 g/mol. The molecule has 0 saturated carbocycles. The van der Waals surface area contributed by atoms with Gasteiger partial charge < -0.3 is 4.74 Å². The maximum absolute atomic E-state index is 11.9. The van der Waals surface area contributed by atoms with Gasteiger partial charge in [-0.05, 0) is 30.9 Å². The Labute approximate surface area is 99.8 Å². The fraction of sp³-hybridized carbons (Fsp3) is 0.500. The second-order valence-electron chi connectivity index (χ2n) is 4.02. The summed E-state index contributed by atoms with van der Waals surface area (Å²) >= 11 is 5.93. The summed E-state index contributed by atoms with van der Waals surface area (Å²) in [6.45, 7) is 1.52. The highest BCUT2D eigenvalue weighted by Crippen LogP contribution is 2.22. The molecule has 4 heteroatoms. The molecule has 0 N–H and O–H groups in total. The Balaban J connectivity index is 2.00. The molecule has 2 rings (SSSR count). The fourth-order valence-electron chi connectivity index (χ4n) is 1.90. The van der Waals surface area contributed by atoms with Gasteiger partial charge in [0, 0.05) is 25.8 Å². The van der Waals surface area contributed by atoms with Crippen LogP contribution in [0.1, 0.15) is 29.8 Å². The Morgan fingerprint density at radius 3 is 2.94 bits per heavy atom. The van der Waals surface area contributed by atoms with E-state index in [4.69, 9.17) is 16.3 Å². The van der Waals surface area contributed by atoms with Crippen molar-refractivity contribution in [2.24, 2.45) is 5.92 Å². The Kier molecular flexibility index (Phi) is 3.91. The second kappa shape index (κ2) is 5.41. The number of nitrogens with zero attached hydrogens (tertiary/aromatic N) is 1. The first-order chi connectivity index (χ1) is 7.77. The SMILES string of the molecule is O=C(CC1CCOCC1)c1ncccc1Cl. The third-order valence-electron chi connectivity index (χ3n) is 2.84. The number of hydrogen-bond donors (Lipinski definition) is 0. The smallest absolute Gasteiger partial charge is 0.182 e. The van der Waals surface area contributed by atoms with Gasteiger partial charge >= 0.3 is 0 Å². The average Bonchev–Trinajstić information content (AvgIpc) is 2.31. The molecule has 1 aliphatic rings. The fourth-order valence-corrected chi connectivity index (χ4v) is 2.13. The minimum atomic E-state index is 0.0394. The molecule has 1 aromatic rings. The molecule has 2 heterocycles. The van der Waals surface area contributed by atoms with Crippen molar-refractivity contribution >= 4 is 17.4 Å². The van der Waals surface area contributed by atoms with E-state index in [1.165, 1.54) is 0 Å². The van der Waals surface area contributed by atoms with Gasteiger partial charge in [0.15, 0.2) is 5.78 Å². The van der Waals surface area contributed by atoms with Crippen LogP contribution in [0.25, 0.3) is 0 Å². The molecule has 1 aromatic heterocycles. The van der Waals surface area contributed by atoms with E-state index in [0.29, 0.717) is 23.1 Å². The molecule has 0 aliphatic carbocycles. The number of carbonyl (C=O) groups is 1. The highest BCUT2D eigenvalue weighted by molar-refractivity contribution is 6.33. The van der Waals surface area contributed by atoms with E-state index in [1.54, 1.807) is 18.3 Å². The molecule has 16 heavy (non-hydrogen) atoms. The summed E-state index contributed by atoms with van der Waals surface area (Å²) in [4.78, 5) is 16.0. The minimum Gasteiger partial charge on any atom is -0.381 e. The van der Waals surface area contributed by atoms with Crippen LogP contribution < -0.4 is 0 Å². The number of aromatic nitrogens is 1. The normalized spacial score (nSPS) is 17.3. The molecule has 1 saturated heterocycles. The minimum absolute atomic E-state index is 0.0394. The van der Waals surface area contributed by atoms with Crippen LogP contribution in [0, 0.1) is 5.92 Å². The number of ketones is 1. The van der Waals surface area contributed by atoms with Crippen molar-refractivity contribution in [1.82, 2.24) is 4.98 Å². The number of ether oxygens (including phenoxy) is 1. The quantitative estimate of drug-likeness (QED) is 0.762. The lowest BCUT2D eigenvalue weighted by Gasteiger charge is -2.21. The highest BCUT2D eigenvalue weighted by atomic mass is 35.5. The molecule has 0 atom stereocenters. The van der Waals surface area contributed by atoms with Gasteiger partial charge in [0.2, 0.25) is 0 Å². The number of halogens is 1. The largest absolute Gasteiger partial charge is 0.381 e. The van der Waals surface area contributed by atoms with E-state index in [2.05, 4.69) is 4.98 Å². The maximum Gasteiger partial charge on any atom is 0.182 e. The number of carbonyl (C=O) groups excluding carboxylic acids is 1.